The minimum Gasteiger partial charge on any atom is -0.397 e. The molecule has 17 heavy (non-hydrogen) atoms. The molecular formula is C13H22N4. The van der Waals surface area contributed by atoms with Crippen LogP contribution in [-0.4, -0.2) is 42.5 Å². The number of rotatable bonds is 3. The summed E-state index contributed by atoms with van der Waals surface area (Å²) in [5.74, 6) is 0. The first-order valence-electron chi connectivity index (χ1n) is 6.27. The van der Waals surface area contributed by atoms with Crippen LogP contribution < -0.4 is 11.5 Å². The first-order valence-corrected chi connectivity index (χ1v) is 6.27. The topological polar surface area (TPSA) is 58.5 Å². The lowest BCUT2D eigenvalue weighted by Crippen LogP contribution is -2.45. The summed E-state index contributed by atoms with van der Waals surface area (Å²) in [5, 5.41) is 0. The summed E-state index contributed by atoms with van der Waals surface area (Å²) in [6.45, 7) is 8.96. The predicted molar refractivity (Wildman–Crippen MR) is 72.7 cm³/mol. The van der Waals surface area contributed by atoms with Crippen LogP contribution in [0.4, 0.5) is 11.4 Å². The second kappa shape index (κ2) is 5.38. The van der Waals surface area contributed by atoms with Crippen LogP contribution in [0.5, 0.6) is 0 Å². The van der Waals surface area contributed by atoms with E-state index >= 15 is 0 Å². The Morgan fingerprint density at radius 1 is 1.00 bits per heavy atom. The maximum atomic E-state index is 5.82. The Hall–Kier alpha value is -1.26. The van der Waals surface area contributed by atoms with Crippen LogP contribution >= 0.6 is 0 Å². The lowest BCUT2D eigenvalue weighted by molar-refractivity contribution is 0.132. The molecular weight excluding hydrogens is 212 g/mol. The van der Waals surface area contributed by atoms with Gasteiger partial charge in [-0.15, -0.1) is 0 Å². The number of hydrogen-bond acceptors (Lipinski definition) is 4. The van der Waals surface area contributed by atoms with E-state index in [0.29, 0.717) is 11.4 Å². The van der Waals surface area contributed by atoms with E-state index in [2.05, 4.69) is 22.8 Å². The van der Waals surface area contributed by atoms with Gasteiger partial charge in [-0.3, -0.25) is 4.90 Å². The van der Waals surface area contributed by atoms with Gasteiger partial charge in [-0.2, -0.15) is 0 Å². The zero-order valence-corrected chi connectivity index (χ0v) is 10.5. The van der Waals surface area contributed by atoms with Crippen molar-refractivity contribution in [3.8, 4) is 0 Å². The molecule has 0 spiro atoms. The summed E-state index contributed by atoms with van der Waals surface area (Å²) in [6.07, 6.45) is 0. The minimum absolute atomic E-state index is 0.671. The molecule has 4 nitrogen and oxygen atoms in total. The van der Waals surface area contributed by atoms with E-state index in [1.54, 1.807) is 0 Å². The van der Waals surface area contributed by atoms with Crippen molar-refractivity contribution in [1.29, 1.82) is 0 Å². The highest BCUT2D eigenvalue weighted by Crippen LogP contribution is 2.17. The van der Waals surface area contributed by atoms with Gasteiger partial charge in [0.25, 0.3) is 0 Å². The van der Waals surface area contributed by atoms with Crippen molar-refractivity contribution in [3.05, 3.63) is 23.8 Å². The maximum Gasteiger partial charge on any atom is 0.0551 e. The number of hydrogen-bond donors (Lipinski definition) is 2. The molecule has 0 unspecified atom stereocenters. The third-order valence-electron chi connectivity index (χ3n) is 3.47. The Labute approximate surface area is 103 Å². The van der Waals surface area contributed by atoms with Gasteiger partial charge in [-0.1, -0.05) is 13.0 Å². The minimum atomic E-state index is 0.671. The van der Waals surface area contributed by atoms with Gasteiger partial charge in [-0.05, 0) is 24.2 Å². The molecule has 4 N–H and O–H groups in total. The fourth-order valence-corrected chi connectivity index (χ4v) is 2.24. The third-order valence-corrected chi connectivity index (χ3v) is 3.47. The van der Waals surface area contributed by atoms with E-state index in [1.165, 1.54) is 18.7 Å². The van der Waals surface area contributed by atoms with Crippen molar-refractivity contribution in [2.45, 2.75) is 13.5 Å². The number of piperazine rings is 1. The number of nitrogens with zero attached hydrogens (tertiary/aromatic N) is 2. The Bertz CT molecular complexity index is 370. The summed E-state index contributed by atoms with van der Waals surface area (Å²) in [7, 11) is 0. The first kappa shape index (κ1) is 12.2. The molecule has 2 rings (SSSR count). The van der Waals surface area contributed by atoms with Crippen molar-refractivity contribution in [2.24, 2.45) is 0 Å². The average molecular weight is 234 g/mol. The van der Waals surface area contributed by atoms with Gasteiger partial charge in [0.2, 0.25) is 0 Å². The van der Waals surface area contributed by atoms with Crippen LogP contribution in [-0.2, 0) is 6.54 Å². The average Bonchev–Trinajstić information content (AvgIpc) is 2.35. The summed E-state index contributed by atoms with van der Waals surface area (Å²) in [5.41, 5.74) is 14.1. The quantitative estimate of drug-likeness (QED) is 0.766. The predicted octanol–water partition coefficient (Wildman–Crippen LogP) is 0.988. The van der Waals surface area contributed by atoms with Gasteiger partial charge in [-0.25, -0.2) is 0 Å². The van der Waals surface area contributed by atoms with E-state index in [-0.39, 0.29) is 0 Å². The molecule has 0 bridgehead atoms. The normalized spacial score (nSPS) is 18.4. The van der Waals surface area contributed by atoms with Crippen molar-refractivity contribution < 1.29 is 0 Å². The molecule has 1 fully saturated rings. The van der Waals surface area contributed by atoms with Crippen LogP contribution in [0.15, 0.2) is 18.2 Å². The van der Waals surface area contributed by atoms with Gasteiger partial charge in [0, 0.05) is 32.7 Å². The van der Waals surface area contributed by atoms with Crippen molar-refractivity contribution in [1.82, 2.24) is 9.80 Å². The van der Waals surface area contributed by atoms with Crippen LogP contribution in [0.3, 0.4) is 0 Å². The summed E-state index contributed by atoms with van der Waals surface area (Å²) in [4.78, 5) is 4.95. The SMILES string of the molecule is CCN1CCN(Cc2ccc(N)c(N)c2)CC1. The monoisotopic (exact) mass is 234 g/mol. The Balaban J connectivity index is 1.91. The van der Waals surface area contributed by atoms with E-state index in [9.17, 15) is 0 Å². The molecule has 1 aromatic rings. The van der Waals surface area contributed by atoms with Crippen LogP contribution in [0.1, 0.15) is 12.5 Å². The molecule has 0 amide bonds. The molecule has 1 saturated heterocycles. The highest BCUT2D eigenvalue weighted by atomic mass is 15.3. The first-order chi connectivity index (χ1) is 8.19. The van der Waals surface area contributed by atoms with Gasteiger partial charge < -0.3 is 16.4 Å². The van der Waals surface area contributed by atoms with Crippen molar-refractivity contribution in [2.75, 3.05) is 44.2 Å². The van der Waals surface area contributed by atoms with Gasteiger partial charge >= 0.3 is 0 Å². The number of likely N-dealkylation sites (N-methyl/N-ethyl adjacent to an activating group) is 1. The van der Waals surface area contributed by atoms with Crippen molar-refractivity contribution in [3.63, 3.8) is 0 Å². The van der Waals surface area contributed by atoms with E-state index in [1.807, 2.05) is 12.1 Å². The summed E-state index contributed by atoms with van der Waals surface area (Å²) < 4.78 is 0. The zero-order chi connectivity index (χ0) is 12.3. The van der Waals surface area contributed by atoms with E-state index in [0.717, 1.165) is 26.2 Å². The van der Waals surface area contributed by atoms with Gasteiger partial charge in [0.1, 0.15) is 0 Å². The van der Waals surface area contributed by atoms with Crippen molar-refractivity contribution >= 4 is 11.4 Å². The second-order valence-corrected chi connectivity index (χ2v) is 4.67. The fraction of sp³-hybridized carbons (Fsp3) is 0.538. The summed E-state index contributed by atoms with van der Waals surface area (Å²) in [6, 6.07) is 5.95. The third kappa shape index (κ3) is 3.11. The molecule has 0 atom stereocenters. The molecule has 0 radical (unpaired) electrons. The standard InChI is InChI=1S/C13H22N4/c1-2-16-5-7-17(8-6-16)10-11-3-4-12(14)13(15)9-11/h3-4,9H,2,5-8,10,14-15H2,1H3. The van der Waals surface area contributed by atoms with Crippen LogP contribution in [0.25, 0.3) is 0 Å². The number of nitrogen functional groups attached to an aromatic ring is 2. The smallest absolute Gasteiger partial charge is 0.0551 e. The second-order valence-electron chi connectivity index (χ2n) is 4.67. The molecule has 1 aliphatic rings. The number of benzene rings is 1. The lowest BCUT2D eigenvalue weighted by Gasteiger charge is -2.34. The fourth-order valence-electron chi connectivity index (χ4n) is 2.24. The van der Waals surface area contributed by atoms with E-state index < -0.39 is 0 Å². The molecule has 1 aromatic carbocycles. The maximum absolute atomic E-state index is 5.82. The van der Waals surface area contributed by atoms with Crippen LogP contribution in [0, 0.1) is 0 Å². The highest BCUT2D eigenvalue weighted by Gasteiger charge is 2.15. The molecule has 1 aliphatic heterocycles. The Morgan fingerprint density at radius 3 is 2.24 bits per heavy atom. The van der Waals surface area contributed by atoms with Crippen LogP contribution in [0.2, 0.25) is 0 Å². The molecule has 0 aromatic heterocycles. The number of anilines is 2. The molecule has 1 heterocycles. The Kier molecular flexibility index (Phi) is 3.86. The van der Waals surface area contributed by atoms with E-state index in [4.69, 9.17) is 11.5 Å². The Morgan fingerprint density at radius 2 is 1.65 bits per heavy atom. The largest absolute Gasteiger partial charge is 0.397 e. The van der Waals surface area contributed by atoms with Gasteiger partial charge in [0.05, 0.1) is 11.4 Å². The highest BCUT2D eigenvalue weighted by molar-refractivity contribution is 5.63. The summed E-state index contributed by atoms with van der Waals surface area (Å²) >= 11 is 0. The zero-order valence-electron chi connectivity index (χ0n) is 10.5. The molecule has 0 aliphatic carbocycles. The number of nitrogens with two attached hydrogens (primary N) is 2. The molecule has 0 saturated carbocycles. The molecule has 94 valence electrons. The van der Waals surface area contributed by atoms with Gasteiger partial charge in [0.15, 0.2) is 0 Å². The lowest BCUT2D eigenvalue weighted by atomic mass is 10.1. The molecule has 4 heteroatoms.